The lowest BCUT2D eigenvalue weighted by Gasteiger charge is -2.14. The summed E-state index contributed by atoms with van der Waals surface area (Å²) in [6.07, 6.45) is -0.532. The van der Waals surface area contributed by atoms with Crippen LogP contribution in [0.15, 0.2) is 48.5 Å². The van der Waals surface area contributed by atoms with Crippen LogP contribution in [0, 0.1) is 10.5 Å². The number of benzene rings is 2. The topological polar surface area (TPSA) is 20.2 Å². The number of aliphatic hydroxyl groups is 1. The van der Waals surface area contributed by atoms with Gasteiger partial charge in [-0.3, -0.25) is 0 Å². The molecule has 1 unspecified atom stereocenters. The summed E-state index contributed by atoms with van der Waals surface area (Å²) in [7, 11) is 0. The molecular formula is C14H13IO. The van der Waals surface area contributed by atoms with E-state index in [4.69, 9.17) is 0 Å². The van der Waals surface area contributed by atoms with Crippen LogP contribution in [-0.2, 0) is 0 Å². The summed E-state index contributed by atoms with van der Waals surface area (Å²) in [6.45, 7) is 2.02. The highest BCUT2D eigenvalue weighted by Gasteiger charge is 2.12. The molecule has 2 aromatic carbocycles. The van der Waals surface area contributed by atoms with E-state index in [-0.39, 0.29) is 0 Å². The highest BCUT2D eigenvalue weighted by molar-refractivity contribution is 14.1. The third-order valence-electron chi connectivity index (χ3n) is 2.65. The Morgan fingerprint density at radius 2 is 1.81 bits per heavy atom. The van der Waals surface area contributed by atoms with Crippen molar-refractivity contribution in [3.8, 4) is 0 Å². The molecule has 2 rings (SSSR count). The van der Waals surface area contributed by atoms with Crippen molar-refractivity contribution in [2.75, 3.05) is 0 Å². The quantitative estimate of drug-likeness (QED) is 0.836. The van der Waals surface area contributed by atoms with Gasteiger partial charge in [0.25, 0.3) is 0 Å². The minimum Gasteiger partial charge on any atom is -0.384 e. The van der Waals surface area contributed by atoms with Crippen molar-refractivity contribution in [3.05, 3.63) is 68.8 Å². The molecule has 0 fully saturated rings. The summed E-state index contributed by atoms with van der Waals surface area (Å²) in [4.78, 5) is 0. The first-order valence-electron chi connectivity index (χ1n) is 5.17. The van der Waals surface area contributed by atoms with Crippen LogP contribution in [0.4, 0.5) is 0 Å². The average Bonchev–Trinajstić information content (AvgIpc) is 2.29. The van der Waals surface area contributed by atoms with Crippen LogP contribution in [0.25, 0.3) is 0 Å². The second-order valence-electron chi connectivity index (χ2n) is 3.81. The van der Waals surface area contributed by atoms with Gasteiger partial charge in [0, 0.05) is 3.57 Å². The van der Waals surface area contributed by atoms with Crippen LogP contribution in [-0.4, -0.2) is 5.11 Å². The van der Waals surface area contributed by atoms with Gasteiger partial charge in [0.05, 0.1) is 0 Å². The van der Waals surface area contributed by atoms with Gasteiger partial charge in [-0.05, 0) is 58.3 Å². The van der Waals surface area contributed by atoms with Gasteiger partial charge in [-0.1, -0.05) is 36.4 Å². The van der Waals surface area contributed by atoms with E-state index in [9.17, 15) is 5.11 Å². The number of hydrogen-bond donors (Lipinski definition) is 1. The molecule has 0 bridgehead atoms. The van der Waals surface area contributed by atoms with E-state index in [1.165, 1.54) is 0 Å². The maximum atomic E-state index is 10.3. The number of rotatable bonds is 2. The zero-order chi connectivity index (χ0) is 11.5. The fourth-order valence-electron chi connectivity index (χ4n) is 1.75. The Hall–Kier alpha value is -0.870. The zero-order valence-electron chi connectivity index (χ0n) is 9.02. The van der Waals surface area contributed by atoms with E-state index in [0.29, 0.717) is 0 Å². The monoisotopic (exact) mass is 324 g/mol. The van der Waals surface area contributed by atoms with Crippen molar-refractivity contribution in [2.24, 2.45) is 0 Å². The van der Waals surface area contributed by atoms with Crippen molar-refractivity contribution < 1.29 is 5.11 Å². The third kappa shape index (κ3) is 2.44. The Labute approximate surface area is 109 Å². The first-order chi connectivity index (χ1) is 7.68. The lowest BCUT2D eigenvalue weighted by Crippen LogP contribution is -2.01. The summed E-state index contributed by atoms with van der Waals surface area (Å²) < 4.78 is 1.14. The Bertz CT molecular complexity index is 494. The van der Waals surface area contributed by atoms with E-state index >= 15 is 0 Å². The molecule has 0 aliphatic rings. The first-order valence-corrected chi connectivity index (χ1v) is 6.25. The number of aryl methyl sites for hydroxylation is 1. The van der Waals surface area contributed by atoms with Crippen LogP contribution >= 0.6 is 22.6 Å². The lowest BCUT2D eigenvalue weighted by molar-refractivity contribution is 0.219. The highest BCUT2D eigenvalue weighted by Crippen LogP contribution is 2.25. The first kappa shape index (κ1) is 11.6. The smallest absolute Gasteiger partial charge is 0.104 e. The van der Waals surface area contributed by atoms with Gasteiger partial charge in [0.15, 0.2) is 0 Å². The Balaban J connectivity index is 2.39. The number of halogens is 1. The average molecular weight is 324 g/mol. The summed E-state index contributed by atoms with van der Waals surface area (Å²) in [5.74, 6) is 0. The van der Waals surface area contributed by atoms with Crippen molar-refractivity contribution in [2.45, 2.75) is 13.0 Å². The second-order valence-corrected chi connectivity index (χ2v) is 5.06. The standard InChI is InChI=1S/C14H13IO/c1-10-5-2-3-8-13(10)14(16)11-6-4-7-12(15)9-11/h2-9,14,16H,1H3. The summed E-state index contributed by atoms with van der Waals surface area (Å²) in [5, 5.41) is 10.3. The highest BCUT2D eigenvalue weighted by atomic mass is 127. The maximum Gasteiger partial charge on any atom is 0.104 e. The summed E-state index contributed by atoms with van der Waals surface area (Å²) in [5.41, 5.74) is 3.04. The second kappa shape index (κ2) is 4.97. The van der Waals surface area contributed by atoms with Gasteiger partial charge < -0.3 is 5.11 Å². The molecule has 2 aromatic rings. The zero-order valence-corrected chi connectivity index (χ0v) is 11.2. The van der Waals surface area contributed by atoms with Crippen molar-refractivity contribution in [3.63, 3.8) is 0 Å². The van der Waals surface area contributed by atoms with E-state index < -0.39 is 6.10 Å². The molecule has 16 heavy (non-hydrogen) atoms. The molecule has 0 heterocycles. The Kier molecular flexibility index (Phi) is 3.61. The van der Waals surface area contributed by atoms with Crippen molar-refractivity contribution in [1.29, 1.82) is 0 Å². The molecule has 82 valence electrons. The molecule has 2 heteroatoms. The van der Waals surface area contributed by atoms with E-state index in [0.717, 1.165) is 20.3 Å². The molecule has 0 aromatic heterocycles. The molecule has 0 aliphatic heterocycles. The van der Waals surface area contributed by atoms with Crippen LogP contribution in [0.5, 0.6) is 0 Å². The molecule has 1 N–H and O–H groups in total. The van der Waals surface area contributed by atoms with Gasteiger partial charge in [-0.15, -0.1) is 0 Å². The van der Waals surface area contributed by atoms with Gasteiger partial charge in [-0.2, -0.15) is 0 Å². The predicted molar refractivity (Wildman–Crippen MR) is 74.4 cm³/mol. The minimum atomic E-state index is -0.532. The molecular weight excluding hydrogens is 311 g/mol. The van der Waals surface area contributed by atoms with Gasteiger partial charge in [-0.25, -0.2) is 0 Å². The largest absolute Gasteiger partial charge is 0.384 e. The predicted octanol–water partition coefficient (Wildman–Crippen LogP) is 3.68. The molecule has 0 amide bonds. The molecule has 1 atom stereocenters. The third-order valence-corrected chi connectivity index (χ3v) is 3.32. The molecule has 0 spiro atoms. The van der Waals surface area contributed by atoms with E-state index in [1.807, 2.05) is 55.5 Å². The van der Waals surface area contributed by atoms with Crippen molar-refractivity contribution >= 4 is 22.6 Å². The van der Waals surface area contributed by atoms with Crippen LogP contribution in [0.3, 0.4) is 0 Å². The summed E-state index contributed by atoms with van der Waals surface area (Å²) >= 11 is 2.26. The Morgan fingerprint density at radius 1 is 1.06 bits per heavy atom. The van der Waals surface area contributed by atoms with E-state index in [1.54, 1.807) is 0 Å². The summed E-state index contributed by atoms with van der Waals surface area (Å²) in [6, 6.07) is 15.9. The van der Waals surface area contributed by atoms with Crippen LogP contribution < -0.4 is 0 Å². The SMILES string of the molecule is Cc1ccccc1C(O)c1cccc(I)c1. The van der Waals surface area contributed by atoms with Crippen molar-refractivity contribution in [1.82, 2.24) is 0 Å². The number of hydrogen-bond acceptors (Lipinski definition) is 1. The fourth-order valence-corrected chi connectivity index (χ4v) is 2.32. The van der Waals surface area contributed by atoms with Gasteiger partial charge in [0.1, 0.15) is 6.10 Å². The van der Waals surface area contributed by atoms with Crippen LogP contribution in [0.2, 0.25) is 0 Å². The van der Waals surface area contributed by atoms with Gasteiger partial charge in [0.2, 0.25) is 0 Å². The molecule has 0 saturated carbocycles. The van der Waals surface area contributed by atoms with Gasteiger partial charge >= 0.3 is 0 Å². The lowest BCUT2D eigenvalue weighted by atomic mass is 9.98. The maximum absolute atomic E-state index is 10.3. The fraction of sp³-hybridized carbons (Fsp3) is 0.143. The molecule has 0 saturated heterocycles. The number of aliphatic hydroxyl groups excluding tert-OH is 1. The minimum absolute atomic E-state index is 0.532. The van der Waals surface area contributed by atoms with E-state index in [2.05, 4.69) is 22.6 Å². The molecule has 1 nitrogen and oxygen atoms in total. The molecule has 0 aliphatic carbocycles. The van der Waals surface area contributed by atoms with Crippen LogP contribution in [0.1, 0.15) is 22.8 Å². The normalized spacial score (nSPS) is 12.4. The molecule has 0 radical (unpaired) electrons. The Morgan fingerprint density at radius 3 is 2.50 bits per heavy atom.